The smallest absolute Gasteiger partial charge is 0.243 e. The first-order valence-corrected chi connectivity index (χ1v) is 8.28. The average Bonchev–Trinajstić information content (AvgIpc) is 2.93. The summed E-state index contributed by atoms with van der Waals surface area (Å²) in [5.41, 5.74) is 0.800. The van der Waals surface area contributed by atoms with E-state index in [1.54, 1.807) is 22.9 Å². The van der Waals surface area contributed by atoms with Gasteiger partial charge in [0, 0.05) is 24.3 Å². The molecule has 6 nitrogen and oxygen atoms in total. The summed E-state index contributed by atoms with van der Waals surface area (Å²) < 4.78 is 28.4. The van der Waals surface area contributed by atoms with Crippen molar-refractivity contribution in [3.63, 3.8) is 0 Å². The number of sulfonamides is 1. The Morgan fingerprint density at radius 3 is 2.90 bits per heavy atom. The fourth-order valence-corrected chi connectivity index (χ4v) is 2.92. The van der Waals surface area contributed by atoms with Crippen LogP contribution in [0.3, 0.4) is 0 Å². The quantitative estimate of drug-likeness (QED) is 0.801. The van der Waals surface area contributed by atoms with E-state index in [-0.39, 0.29) is 11.4 Å². The highest BCUT2D eigenvalue weighted by Crippen LogP contribution is 2.12. The van der Waals surface area contributed by atoms with Gasteiger partial charge in [0.15, 0.2) is 0 Å². The van der Waals surface area contributed by atoms with Gasteiger partial charge in [0.05, 0.1) is 12.7 Å². The van der Waals surface area contributed by atoms with Crippen LogP contribution in [0.2, 0.25) is 5.02 Å². The van der Waals surface area contributed by atoms with E-state index in [1.165, 1.54) is 12.4 Å². The summed E-state index contributed by atoms with van der Waals surface area (Å²) >= 11 is 5.87. The Morgan fingerprint density at radius 1 is 1.38 bits per heavy atom. The SMILES string of the molecule is CNCCn1cc(S(=O)(=O)NCc2cccc(Cl)c2)cn1. The molecule has 0 atom stereocenters. The summed E-state index contributed by atoms with van der Waals surface area (Å²) in [5.74, 6) is 0. The van der Waals surface area contributed by atoms with Crippen molar-refractivity contribution in [1.29, 1.82) is 0 Å². The highest BCUT2D eigenvalue weighted by molar-refractivity contribution is 7.89. The Labute approximate surface area is 129 Å². The maximum Gasteiger partial charge on any atom is 0.243 e. The van der Waals surface area contributed by atoms with Gasteiger partial charge in [-0.1, -0.05) is 23.7 Å². The minimum atomic E-state index is -3.57. The lowest BCUT2D eigenvalue weighted by Crippen LogP contribution is -2.23. The summed E-state index contributed by atoms with van der Waals surface area (Å²) in [6, 6.07) is 7.05. The van der Waals surface area contributed by atoms with Crippen LogP contribution in [0.25, 0.3) is 0 Å². The first-order valence-electron chi connectivity index (χ1n) is 6.42. The highest BCUT2D eigenvalue weighted by atomic mass is 35.5. The summed E-state index contributed by atoms with van der Waals surface area (Å²) in [4.78, 5) is 0.153. The zero-order chi connectivity index (χ0) is 15.3. The molecule has 0 amide bonds. The Kier molecular flexibility index (Phi) is 5.35. The number of rotatable bonds is 7. The number of nitrogens with one attached hydrogen (secondary N) is 2. The molecule has 1 aromatic heterocycles. The molecule has 2 N–H and O–H groups in total. The van der Waals surface area contributed by atoms with E-state index in [2.05, 4.69) is 15.1 Å². The van der Waals surface area contributed by atoms with Crippen LogP contribution in [0.15, 0.2) is 41.6 Å². The molecule has 0 aliphatic heterocycles. The Hall–Kier alpha value is -1.41. The van der Waals surface area contributed by atoms with Crippen molar-refractivity contribution in [3.8, 4) is 0 Å². The van der Waals surface area contributed by atoms with Crippen molar-refractivity contribution in [1.82, 2.24) is 19.8 Å². The fraction of sp³-hybridized carbons (Fsp3) is 0.308. The van der Waals surface area contributed by atoms with Gasteiger partial charge >= 0.3 is 0 Å². The predicted molar refractivity (Wildman–Crippen MR) is 81.6 cm³/mol. The molecule has 1 heterocycles. The zero-order valence-electron chi connectivity index (χ0n) is 11.6. The molecule has 0 saturated heterocycles. The van der Waals surface area contributed by atoms with Crippen molar-refractivity contribution in [3.05, 3.63) is 47.2 Å². The Bertz CT molecular complexity index is 700. The minimum Gasteiger partial charge on any atom is -0.318 e. The van der Waals surface area contributed by atoms with Crippen molar-refractivity contribution >= 4 is 21.6 Å². The predicted octanol–water partition coefficient (Wildman–Crippen LogP) is 1.23. The van der Waals surface area contributed by atoms with E-state index in [0.717, 1.165) is 12.1 Å². The molecule has 0 radical (unpaired) electrons. The monoisotopic (exact) mass is 328 g/mol. The van der Waals surface area contributed by atoms with E-state index in [4.69, 9.17) is 11.6 Å². The Morgan fingerprint density at radius 2 is 2.19 bits per heavy atom. The van der Waals surface area contributed by atoms with Gasteiger partial charge in [0.2, 0.25) is 10.0 Å². The number of likely N-dealkylation sites (N-methyl/N-ethyl adjacent to an activating group) is 1. The third-order valence-electron chi connectivity index (χ3n) is 2.87. The number of benzene rings is 1. The third-order valence-corrected chi connectivity index (χ3v) is 4.46. The lowest BCUT2D eigenvalue weighted by atomic mass is 10.2. The molecule has 1 aromatic carbocycles. The topological polar surface area (TPSA) is 76.0 Å². The van der Waals surface area contributed by atoms with Crippen LogP contribution in [0.4, 0.5) is 0 Å². The third kappa shape index (κ3) is 4.53. The van der Waals surface area contributed by atoms with E-state index >= 15 is 0 Å². The van der Waals surface area contributed by atoms with Crippen LogP contribution in [0.5, 0.6) is 0 Å². The van der Waals surface area contributed by atoms with Crippen molar-refractivity contribution in [2.24, 2.45) is 0 Å². The van der Waals surface area contributed by atoms with Crippen LogP contribution in [-0.4, -0.2) is 31.8 Å². The van der Waals surface area contributed by atoms with Crippen molar-refractivity contribution < 1.29 is 8.42 Å². The molecule has 21 heavy (non-hydrogen) atoms. The van der Waals surface area contributed by atoms with Crippen LogP contribution in [0.1, 0.15) is 5.56 Å². The molecule has 2 aromatic rings. The summed E-state index contributed by atoms with van der Waals surface area (Å²) in [6.45, 7) is 1.52. The molecule has 0 aliphatic rings. The minimum absolute atomic E-state index is 0.153. The number of hydrogen-bond donors (Lipinski definition) is 2. The molecule has 2 rings (SSSR count). The van der Waals surface area contributed by atoms with Crippen molar-refractivity contribution in [2.45, 2.75) is 18.0 Å². The van der Waals surface area contributed by atoms with Gasteiger partial charge in [0.25, 0.3) is 0 Å². The number of aromatic nitrogens is 2. The number of hydrogen-bond acceptors (Lipinski definition) is 4. The van der Waals surface area contributed by atoms with Gasteiger partial charge in [-0.05, 0) is 24.7 Å². The molecule has 0 aliphatic carbocycles. The van der Waals surface area contributed by atoms with E-state index in [0.29, 0.717) is 11.6 Å². The first kappa shape index (κ1) is 16.0. The fourth-order valence-electron chi connectivity index (χ4n) is 1.74. The molecular weight excluding hydrogens is 312 g/mol. The van der Waals surface area contributed by atoms with Gasteiger partial charge in [0.1, 0.15) is 4.90 Å². The normalized spacial score (nSPS) is 11.7. The van der Waals surface area contributed by atoms with Gasteiger partial charge < -0.3 is 5.32 Å². The van der Waals surface area contributed by atoms with Crippen LogP contribution in [-0.2, 0) is 23.1 Å². The van der Waals surface area contributed by atoms with Gasteiger partial charge in [-0.2, -0.15) is 5.10 Å². The summed E-state index contributed by atoms with van der Waals surface area (Å²) in [7, 11) is -1.75. The summed E-state index contributed by atoms with van der Waals surface area (Å²) in [6.07, 6.45) is 2.85. The van der Waals surface area contributed by atoms with Crippen LogP contribution in [0, 0.1) is 0 Å². The molecular formula is C13H17ClN4O2S. The number of halogens is 1. The molecule has 0 bridgehead atoms. The second-order valence-electron chi connectivity index (χ2n) is 4.50. The van der Waals surface area contributed by atoms with E-state index in [1.807, 2.05) is 13.1 Å². The van der Waals surface area contributed by atoms with Gasteiger partial charge in [-0.15, -0.1) is 0 Å². The lowest BCUT2D eigenvalue weighted by Gasteiger charge is -2.05. The van der Waals surface area contributed by atoms with E-state index in [9.17, 15) is 8.42 Å². The van der Waals surface area contributed by atoms with E-state index < -0.39 is 10.0 Å². The molecule has 8 heteroatoms. The second kappa shape index (κ2) is 7.04. The maximum atomic E-state index is 12.2. The highest BCUT2D eigenvalue weighted by Gasteiger charge is 2.16. The Balaban J connectivity index is 2.02. The molecule has 0 spiro atoms. The summed E-state index contributed by atoms with van der Waals surface area (Å²) in [5, 5.41) is 7.58. The van der Waals surface area contributed by atoms with Crippen molar-refractivity contribution in [2.75, 3.05) is 13.6 Å². The first-order chi connectivity index (χ1) is 10.0. The standard InChI is InChI=1S/C13H17ClN4O2S/c1-15-5-6-18-10-13(9-16-18)21(19,20)17-8-11-3-2-4-12(14)7-11/h2-4,7,9-10,15,17H,5-6,8H2,1H3. The largest absolute Gasteiger partial charge is 0.318 e. The maximum absolute atomic E-state index is 12.2. The molecule has 0 saturated carbocycles. The van der Waals surface area contributed by atoms with Gasteiger partial charge in [-0.25, -0.2) is 13.1 Å². The average molecular weight is 329 g/mol. The van der Waals surface area contributed by atoms with Crippen LogP contribution < -0.4 is 10.0 Å². The van der Waals surface area contributed by atoms with Gasteiger partial charge in [-0.3, -0.25) is 4.68 Å². The lowest BCUT2D eigenvalue weighted by molar-refractivity contribution is 0.576. The zero-order valence-corrected chi connectivity index (χ0v) is 13.2. The second-order valence-corrected chi connectivity index (χ2v) is 6.70. The van der Waals surface area contributed by atoms with Crippen LogP contribution >= 0.6 is 11.6 Å². The number of nitrogens with zero attached hydrogens (tertiary/aromatic N) is 2. The molecule has 114 valence electrons. The molecule has 0 unspecified atom stereocenters. The molecule has 0 fully saturated rings.